The summed E-state index contributed by atoms with van der Waals surface area (Å²) in [7, 11) is 1.33. The van der Waals surface area contributed by atoms with Gasteiger partial charge in [-0.1, -0.05) is 36.4 Å². The second-order valence-corrected chi connectivity index (χ2v) is 6.10. The number of carbonyl (C=O) groups is 2. The van der Waals surface area contributed by atoms with Gasteiger partial charge in [-0.3, -0.25) is 15.1 Å². The molecule has 28 heavy (non-hydrogen) atoms. The minimum Gasteiger partial charge on any atom is -0.465 e. The molecule has 1 aromatic heterocycles. The van der Waals surface area contributed by atoms with Gasteiger partial charge in [0.1, 0.15) is 0 Å². The van der Waals surface area contributed by atoms with Crippen molar-refractivity contribution in [2.45, 2.75) is 6.04 Å². The monoisotopic (exact) mass is 375 g/mol. The number of esters is 1. The lowest BCUT2D eigenvalue weighted by Gasteiger charge is -2.18. The molecule has 0 saturated heterocycles. The van der Waals surface area contributed by atoms with E-state index in [-0.39, 0.29) is 18.5 Å². The maximum absolute atomic E-state index is 12.4. The van der Waals surface area contributed by atoms with Gasteiger partial charge in [0.25, 0.3) is 0 Å². The second kappa shape index (κ2) is 9.43. The molecule has 2 aromatic carbocycles. The number of rotatable bonds is 7. The molecular weight excluding hydrogens is 354 g/mol. The number of nitrogens with one attached hydrogen (secondary N) is 2. The van der Waals surface area contributed by atoms with Crippen LogP contribution in [0.3, 0.4) is 0 Å². The average molecular weight is 375 g/mol. The van der Waals surface area contributed by atoms with Gasteiger partial charge >= 0.3 is 5.97 Å². The molecule has 0 aliphatic carbocycles. The van der Waals surface area contributed by atoms with Crippen LogP contribution in [-0.4, -0.2) is 30.5 Å². The van der Waals surface area contributed by atoms with Crippen LogP contribution in [0.1, 0.15) is 27.7 Å². The van der Waals surface area contributed by atoms with E-state index in [4.69, 9.17) is 0 Å². The number of anilines is 1. The third-order valence-corrected chi connectivity index (χ3v) is 4.17. The van der Waals surface area contributed by atoms with Gasteiger partial charge in [-0.2, -0.15) is 0 Å². The Bertz CT molecular complexity index is 873. The molecule has 1 unspecified atom stereocenters. The predicted octanol–water partition coefficient (Wildman–Crippen LogP) is 3.19. The number of benzene rings is 2. The fraction of sp³-hybridized carbons (Fsp3) is 0.136. The molecule has 6 nitrogen and oxygen atoms in total. The topological polar surface area (TPSA) is 80.3 Å². The molecule has 0 aliphatic heterocycles. The van der Waals surface area contributed by atoms with Crippen molar-refractivity contribution in [1.29, 1.82) is 0 Å². The minimum absolute atomic E-state index is 0.106. The van der Waals surface area contributed by atoms with Gasteiger partial charge in [-0.05, 0) is 42.0 Å². The van der Waals surface area contributed by atoms with Crippen LogP contribution in [0, 0.1) is 0 Å². The zero-order chi connectivity index (χ0) is 19.8. The summed E-state index contributed by atoms with van der Waals surface area (Å²) < 4.78 is 4.66. The van der Waals surface area contributed by atoms with Crippen molar-refractivity contribution >= 4 is 17.6 Å². The highest BCUT2D eigenvalue weighted by Gasteiger charge is 2.16. The molecule has 142 valence electrons. The summed E-state index contributed by atoms with van der Waals surface area (Å²) in [5, 5.41) is 6.07. The largest absolute Gasteiger partial charge is 0.465 e. The van der Waals surface area contributed by atoms with E-state index >= 15 is 0 Å². The van der Waals surface area contributed by atoms with Crippen molar-refractivity contribution in [2.75, 3.05) is 19.0 Å². The van der Waals surface area contributed by atoms with Crippen molar-refractivity contribution < 1.29 is 14.3 Å². The number of methoxy groups -OCH3 is 1. The highest BCUT2D eigenvalue weighted by Crippen LogP contribution is 2.19. The Balaban J connectivity index is 1.65. The maximum Gasteiger partial charge on any atom is 0.337 e. The van der Waals surface area contributed by atoms with Crippen LogP contribution in [0.5, 0.6) is 0 Å². The number of hydrogen-bond acceptors (Lipinski definition) is 5. The van der Waals surface area contributed by atoms with Crippen molar-refractivity contribution in [2.24, 2.45) is 0 Å². The number of nitrogens with zero attached hydrogens (tertiary/aromatic N) is 1. The molecule has 0 spiro atoms. The molecule has 1 atom stereocenters. The van der Waals surface area contributed by atoms with Crippen LogP contribution in [0.25, 0.3) is 0 Å². The Morgan fingerprint density at radius 3 is 2.32 bits per heavy atom. The van der Waals surface area contributed by atoms with Gasteiger partial charge in [0.05, 0.1) is 31.0 Å². The smallest absolute Gasteiger partial charge is 0.337 e. The quantitative estimate of drug-likeness (QED) is 0.620. The average Bonchev–Trinajstić information content (AvgIpc) is 2.75. The number of carbonyl (C=O) groups excluding carboxylic acids is 2. The van der Waals surface area contributed by atoms with Gasteiger partial charge in [0.15, 0.2) is 0 Å². The fourth-order valence-corrected chi connectivity index (χ4v) is 2.79. The van der Waals surface area contributed by atoms with E-state index in [2.05, 4.69) is 20.4 Å². The van der Waals surface area contributed by atoms with Crippen molar-refractivity contribution in [3.8, 4) is 0 Å². The Morgan fingerprint density at radius 1 is 0.964 bits per heavy atom. The van der Waals surface area contributed by atoms with E-state index in [0.29, 0.717) is 11.3 Å². The second-order valence-electron chi connectivity index (χ2n) is 6.10. The molecular formula is C22H21N3O3. The summed E-state index contributed by atoms with van der Waals surface area (Å²) in [5.74, 6) is -0.608. The molecule has 0 radical (unpaired) electrons. The van der Waals surface area contributed by atoms with Crippen LogP contribution >= 0.6 is 0 Å². The van der Waals surface area contributed by atoms with Crippen molar-refractivity contribution in [3.63, 3.8) is 0 Å². The Morgan fingerprint density at radius 2 is 1.68 bits per heavy atom. The standard InChI is InChI=1S/C22H21N3O3/c1-28-22(27)17-10-12-18(13-11-17)25-20(26)15-24-21(16-7-3-2-4-8-16)19-9-5-6-14-23-19/h2-14,21,24H,15H2,1H3,(H,25,26). The summed E-state index contributed by atoms with van der Waals surface area (Å²) in [6.45, 7) is 0.106. The zero-order valence-corrected chi connectivity index (χ0v) is 15.5. The molecule has 0 fully saturated rings. The molecule has 1 heterocycles. The lowest BCUT2D eigenvalue weighted by atomic mass is 10.0. The summed E-state index contributed by atoms with van der Waals surface area (Å²) >= 11 is 0. The maximum atomic E-state index is 12.4. The SMILES string of the molecule is COC(=O)c1ccc(NC(=O)CNC(c2ccccc2)c2ccccn2)cc1. The van der Waals surface area contributed by atoms with E-state index < -0.39 is 5.97 Å². The molecule has 2 N–H and O–H groups in total. The van der Waals surface area contributed by atoms with Crippen molar-refractivity contribution in [1.82, 2.24) is 10.3 Å². The molecule has 0 bridgehead atoms. The predicted molar refractivity (Wildman–Crippen MR) is 107 cm³/mol. The van der Waals surface area contributed by atoms with E-state index in [1.165, 1.54) is 7.11 Å². The van der Waals surface area contributed by atoms with Gasteiger partial charge in [-0.15, -0.1) is 0 Å². The summed E-state index contributed by atoms with van der Waals surface area (Å²) in [5.41, 5.74) is 2.90. The summed E-state index contributed by atoms with van der Waals surface area (Å²) in [6, 6.07) is 21.9. The lowest BCUT2D eigenvalue weighted by molar-refractivity contribution is -0.115. The van der Waals surface area contributed by atoms with Crippen LogP contribution in [0.4, 0.5) is 5.69 Å². The molecule has 0 aliphatic rings. The Kier molecular flexibility index (Phi) is 6.49. The number of aromatic nitrogens is 1. The third kappa shape index (κ3) is 5.02. The fourth-order valence-electron chi connectivity index (χ4n) is 2.79. The minimum atomic E-state index is -0.416. The molecule has 1 amide bonds. The van der Waals surface area contributed by atoms with E-state index in [1.54, 1.807) is 30.5 Å². The van der Waals surface area contributed by atoms with E-state index in [9.17, 15) is 9.59 Å². The first kappa shape index (κ1) is 19.3. The molecule has 6 heteroatoms. The highest BCUT2D eigenvalue weighted by molar-refractivity contribution is 5.94. The summed E-state index contributed by atoms with van der Waals surface area (Å²) in [4.78, 5) is 28.3. The first-order valence-electron chi connectivity index (χ1n) is 8.85. The van der Waals surface area contributed by atoms with Crippen LogP contribution in [0.15, 0.2) is 79.0 Å². The summed E-state index contributed by atoms with van der Waals surface area (Å²) in [6.07, 6.45) is 1.73. The molecule has 0 saturated carbocycles. The van der Waals surface area contributed by atoms with Gasteiger partial charge in [-0.25, -0.2) is 4.79 Å². The lowest BCUT2D eigenvalue weighted by Crippen LogP contribution is -2.32. The number of ether oxygens (including phenoxy) is 1. The number of hydrogen-bond donors (Lipinski definition) is 2. The van der Waals surface area contributed by atoms with Crippen LogP contribution in [0.2, 0.25) is 0 Å². The molecule has 3 aromatic rings. The molecule has 3 rings (SSSR count). The Labute approximate surface area is 163 Å². The van der Waals surface area contributed by atoms with E-state index in [1.807, 2.05) is 48.5 Å². The van der Waals surface area contributed by atoms with E-state index in [0.717, 1.165) is 11.3 Å². The third-order valence-electron chi connectivity index (χ3n) is 4.17. The van der Waals surface area contributed by atoms with Gasteiger partial charge < -0.3 is 10.1 Å². The van der Waals surface area contributed by atoms with Gasteiger partial charge in [0.2, 0.25) is 5.91 Å². The normalized spacial score (nSPS) is 11.5. The zero-order valence-electron chi connectivity index (χ0n) is 15.5. The highest BCUT2D eigenvalue weighted by atomic mass is 16.5. The number of pyridine rings is 1. The first-order chi connectivity index (χ1) is 13.7. The first-order valence-corrected chi connectivity index (χ1v) is 8.85. The Hall–Kier alpha value is -3.51. The van der Waals surface area contributed by atoms with Gasteiger partial charge in [0, 0.05) is 11.9 Å². The van der Waals surface area contributed by atoms with Crippen LogP contribution < -0.4 is 10.6 Å². The van der Waals surface area contributed by atoms with Crippen LogP contribution in [-0.2, 0) is 9.53 Å². The number of amides is 1. The van der Waals surface area contributed by atoms with Crippen molar-refractivity contribution in [3.05, 3.63) is 95.8 Å².